The molecule has 18 heavy (non-hydrogen) atoms. The van der Waals surface area contributed by atoms with Gasteiger partial charge in [0, 0.05) is 11.1 Å². The maximum Gasteiger partial charge on any atom is 0.131 e. The highest BCUT2D eigenvalue weighted by molar-refractivity contribution is 5.66. The molecular formula is C14H15F2NO. The second-order valence-corrected chi connectivity index (χ2v) is 4.12. The Kier molecular flexibility index (Phi) is 3.77. The van der Waals surface area contributed by atoms with E-state index in [0.717, 1.165) is 6.54 Å². The lowest BCUT2D eigenvalue weighted by atomic mass is 10.0. The summed E-state index contributed by atoms with van der Waals surface area (Å²) in [7, 11) is 0. The molecule has 0 amide bonds. The molecule has 0 saturated carbocycles. The van der Waals surface area contributed by atoms with Gasteiger partial charge in [-0.2, -0.15) is 0 Å². The molecule has 1 heterocycles. The monoisotopic (exact) mass is 251 g/mol. The van der Waals surface area contributed by atoms with Crippen LogP contribution in [0.1, 0.15) is 18.2 Å². The molecule has 0 unspecified atom stereocenters. The number of halogens is 2. The molecule has 2 rings (SSSR count). The van der Waals surface area contributed by atoms with E-state index in [2.05, 4.69) is 5.32 Å². The van der Waals surface area contributed by atoms with Crippen molar-refractivity contribution < 1.29 is 13.2 Å². The average Bonchev–Trinajstić information content (AvgIpc) is 2.79. The number of furan rings is 1. The predicted molar refractivity (Wildman–Crippen MR) is 66.2 cm³/mol. The highest BCUT2D eigenvalue weighted by atomic mass is 19.1. The second kappa shape index (κ2) is 5.31. The van der Waals surface area contributed by atoms with E-state index in [-0.39, 0.29) is 5.56 Å². The highest BCUT2D eigenvalue weighted by Crippen LogP contribution is 2.29. The Morgan fingerprint density at radius 2 is 1.94 bits per heavy atom. The first kappa shape index (κ1) is 12.8. The summed E-state index contributed by atoms with van der Waals surface area (Å²) in [5.74, 6) is -0.242. The normalized spacial score (nSPS) is 10.9. The van der Waals surface area contributed by atoms with E-state index in [1.54, 1.807) is 6.07 Å². The molecule has 1 N–H and O–H groups in total. The summed E-state index contributed by atoms with van der Waals surface area (Å²) in [6, 6.07) is 4.07. The van der Waals surface area contributed by atoms with Crippen LogP contribution in [0, 0.1) is 18.6 Å². The summed E-state index contributed by atoms with van der Waals surface area (Å²) in [5.41, 5.74) is 1.13. The van der Waals surface area contributed by atoms with Gasteiger partial charge in [-0.25, -0.2) is 8.78 Å². The standard InChI is InChI=1S/C14H15F2NO/c1-3-17-8-14-10(4-5-18-14)11-7-12(15)9(2)6-13(11)16/h4-7,17H,3,8H2,1-2H3. The van der Waals surface area contributed by atoms with Crippen LogP contribution < -0.4 is 5.32 Å². The van der Waals surface area contributed by atoms with Gasteiger partial charge in [-0.3, -0.25) is 0 Å². The Hall–Kier alpha value is -1.68. The zero-order valence-electron chi connectivity index (χ0n) is 10.4. The summed E-state index contributed by atoms with van der Waals surface area (Å²) >= 11 is 0. The summed E-state index contributed by atoms with van der Waals surface area (Å²) in [6.45, 7) is 4.78. The molecule has 0 fully saturated rings. The Balaban J connectivity index is 2.42. The Morgan fingerprint density at radius 3 is 2.67 bits per heavy atom. The molecule has 4 heteroatoms. The van der Waals surface area contributed by atoms with Gasteiger partial charge in [0.15, 0.2) is 0 Å². The van der Waals surface area contributed by atoms with Crippen LogP contribution in [0.25, 0.3) is 11.1 Å². The molecule has 0 spiro atoms. The van der Waals surface area contributed by atoms with E-state index in [0.29, 0.717) is 23.4 Å². The van der Waals surface area contributed by atoms with Crippen molar-refractivity contribution in [3.05, 3.63) is 47.4 Å². The van der Waals surface area contributed by atoms with E-state index in [9.17, 15) is 8.78 Å². The van der Waals surface area contributed by atoms with E-state index < -0.39 is 11.6 Å². The summed E-state index contributed by atoms with van der Waals surface area (Å²) < 4.78 is 32.7. The highest BCUT2D eigenvalue weighted by Gasteiger charge is 2.14. The van der Waals surface area contributed by atoms with E-state index in [4.69, 9.17) is 4.42 Å². The van der Waals surface area contributed by atoms with Gasteiger partial charge in [-0.15, -0.1) is 0 Å². The third-order valence-corrected chi connectivity index (χ3v) is 2.82. The lowest BCUT2D eigenvalue weighted by molar-refractivity contribution is 0.488. The molecule has 1 aromatic heterocycles. The van der Waals surface area contributed by atoms with Crippen molar-refractivity contribution in [2.24, 2.45) is 0 Å². The fourth-order valence-electron chi connectivity index (χ4n) is 1.81. The Labute approximate surface area is 105 Å². The van der Waals surface area contributed by atoms with Gasteiger partial charge in [0.2, 0.25) is 0 Å². The van der Waals surface area contributed by atoms with Crippen LogP contribution in [0.3, 0.4) is 0 Å². The first-order chi connectivity index (χ1) is 8.63. The lowest BCUT2D eigenvalue weighted by Crippen LogP contribution is -2.11. The van der Waals surface area contributed by atoms with Crippen LogP contribution in [-0.2, 0) is 6.54 Å². The summed E-state index contributed by atoms with van der Waals surface area (Å²) in [5, 5.41) is 3.10. The van der Waals surface area contributed by atoms with Gasteiger partial charge in [0.25, 0.3) is 0 Å². The van der Waals surface area contributed by atoms with Crippen molar-refractivity contribution in [2.75, 3.05) is 6.54 Å². The molecule has 0 atom stereocenters. The lowest BCUT2D eigenvalue weighted by Gasteiger charge is -2.06. The van der Waals surface area contributed by atoms with Crippen LogP contribution in [0.2, 0.25) is 0 Å². The molecule has 0 saturated heterocycles. The quantitative estimate of drug-likeness (QED) is 0.897. The number of benzene rings is 1. The van der Waals surface area contributed by atoms with Crippen LogP contribution >= 0.6 is 0 Å². The minimum absolute atomic E-state index is 0.236. The zero-order chi connectivity index (χ0) is 13.1. The largest absolute Gasteiger partial charge is 0.467 e. The molecule has 1 aromatic carbocycles. The van der Waals surface area contributed by atoms with Crippen LogP contribution in [0.4, 0.5) is 8.78 Å². The fourth-order valence-corrected chi connectivity index (χ4v) is 1.81. The fraction of sp³-hybridized carbons (Fsp3) is 0.286. The van der Waals surface area contributed by atoms with Crippen molar-refractivity contribution in [1.29, 1.82) is 0 Å². The van der Waals surface area contributed by atoms with Gasteiger partial charge in [0.1, 0.15) is 17.4 Å². The van der Waals surface area contributed by atoms with Crippen molar-refractivity contribution in [2.45, 2.75) is 20.4 Å². The van der Waals surface area contributed by atoms with E-state index in [1.165, 1.54) is 25.3 Å². The minimum atomic E-state index is -0.437. The zero-order valence-corrected chi connectivity index (χ0v) is 10.4. The van der Waals surface area contributed by atoms with Gasteiger partial charge < -0.3 is 9.73 Å². The minimum Gasteiger partial charge on any atom is -0.467 e. The maximum absolute atomic E-state index is 13.9. The summed E-state index contributed by atoms with van der Waals surface area (Å²) in [6.07, 6.45) is 1.49. The SMILES string of the molecule is CCNCc1occc1-c1cc(F)c(C)cc1F. The summed E-state index contributed by atoms with van der Waals surface area (Å²) in [4.78, 5) is 0. The van der Waals surface area contributed by atoms with Crippen LogP contribution in [0.5, 0.6) is 0 Å². The Morgan fingerprint density at radius 1 is 1.17 bits per heavy atom. The molecular weight excluding hydrogens is 236 g/mol. The maximum atomic E-state index is 13.9. The molecule has 96 valence electrons. The van der Waals surface area contributed by atoms with Gasteiger partial charge >= 0.3 is 0 Å². The molecule has 0 aliphatic rings. The number of rotatable bonds is 4. The molecule has 0 aliphatic carbocycles. The topological polar surface area (TPSA) is 25.2 Å². The number of nitrogens with one attached hydrogen (secondary N) is 1. The van der Waals surface area contributed by atoms with Gasteiger partial charge in [-0.1, -0.05) is 6.92 Å². The van der Waals surface area contributed by atoms with E-state index in [1.807, 2.05) is 6.92 Å². The molecule has 2 aromatic rings. The van der Waals surface area contributed by atoms with Crippen molar-refractivity contribution in [1.82, 2.24) is 5.32 Å². The number of hydrogen-bond donors (Lipinski definition) is 1. The third kappa shape index (κ3) is 2.43. The van der Waals surface area contributed by atoms with Crippen molar-refractivity contribution in [3.63, 3.8) is 0 Å². The molecule has 0 aliphatic heterocycles. The number of hydrogen-bond acceptors (Lipinski definition) is 2. The first-order valence-electron chi connectivity index (χ1n) is 5.86. The third-order valence-electron chi connectivity index (χ3n) is 2.82. The smallest absolute Gasteiger partial charge is 0.131 e. The number of aryl methyl sites for hydroxylation is 1. The van der Waals surface area contributed by atoms with Gasteiger partial charge in [-0.05, 0) is 37.2 Å². The predicted octanol–water partition coefficient (Wildman–Crippen LogP) is 3.64. The Bertz CT molecular complexity index is 549. The van der Waals surface area contributed by atoms with Crippen LogP contribution in [-0.4, -0.2) is 6.54 Å². The van der Waals surface area contributed by atoms with Crippen molar-refractivity contribution in [3.8, 4) is 11.1 Å². The van der Waals surface area contributed by atoms with E-state index >= 15 is 0 Å². The molecule has 0 bridgehead atoms. The molecule has 2 nitrogen and oxygen atoms in total. The van der Waals surface area contributed by atoms with Crippen LogP contribution in [0.15, 0.2) is 28.9 Å². The average molecular weight is 251 g/mol. The molecule has 0 radical (unpaired) electrons. The van der Waals surface area contributed by atoms with Crippen molar-refractivity contribution >= 4 is 0 Å². The van der Waals surface area contributed by atoms with Gasteiger partial charge in [0.05, 0.1) is 12.8 Å². The first-order valence-corrected chi connectivity index (χ1v) is 5.86. The second-order valence-electron chi connectivity index (χ2n) is 4.12.